The Hall–Kier alpha value is -1.49. The normalized spacial score (nSPS) is 12.0. The Balaban J connectivity index is 2.82. The van der Waals surface area contributed by atoms with Gasteiger partial charge in [0.1, 0.15) is 5.75 Å². The Kier molecular flexibility index (Phi) is 6.68. The van der Waals surface area contributed by atoms with Crippen molar-refractivity contribution in [2.24, 2.45) is 0 Å². The van der Waals surface area contributed by atoms with E-state index in [0.29, 0.717) is 6.42 Å². The molecule has 0 aliphatic heterocycles. The summed E-state index contributed by atoms with van der Waals surface area (Å²) in [7, 11) is 1.18. The van der Waals surface area contributed by atoms with Gasteiger partial charge in [0.05, 0.1) is 14.2 Å². The Morgan fingerprint density at radius 2 is 1.78 bits per heavy atom. The number of esters is 1. The summed E-state index contributed by atoms with van der Waals surface area (Å²) >= 11 is 0. The number of carbonyl (C=O) groups is 1. The van der Waals surface area contributed by atoms with Crippen LogP contribution in [0.5, 0.6) is 11.5 Å². The van der Waals surface area contributed by atoms with Crippen LogP contribution >= 0.6 is 0 Å². The average Bonchev–Trinajstić information content (AvgIpc) is 2.46. The predicted molar refractivity (Wildman–Crippen MR) is 95.8 cm³/mol. The number of ether oxygens (including phenoxy) is 2. The second-order valence-corrected chi connectivity index (χ2v) is 12.0. The van der Waals surface area contributed by atoms with Crippen LogP contribution in [0, 0.1) is 0 Å². The van der Waals surface area contributed by atoms with E-state index in [-0.39, 0.29) is 11.0 Å². The lowest BCUT2D eigenvalue weighted by Crippen LogP contribution is -2.43. The topological polar surface area (TPSA) is 44.8 Å². The van der Waals surface area contributed by atoms with Crippen molar-refractivity contribution in [3.63, 3.8) is 0 Å². The molecule has 0 N–H and O–H groups in total. The minimum Gasteiger partial charge on any atom is -0.541 e. The van der Waals surface area contributed by atoms with Crippen molar-refractivity contribution in [2.45, 2.75) is 58.2 Å². The zero-order valence-corrected chi connectivity index (χ0v) is 16.5. The molecule has 0 radical (unpaired) electrons. The molecule has 0 unspecified atom stereocenters. The molecule has 0 aliphatic rings. The molecule has 0 atom stereocenters. The maximum Gasteiger partial charge on any atom is 0.305 e. The van der Waals surface area contributed by atoms with Crippen LogP contribution in [0.3, 0.4) is 0 Å². The molecule has 0 bridgehead atoms. The van der Waals surface area contributed by atoms with Crippen molar-refractivity contribution in [2.75, 3.05) is 14.2 Å². The largest absolute Gasteiger partial charge is 0.541 e. The summed E-state index contributed by atoms with van der Waals surface area (Å²) in [6.07, 6.45) is 2.01. The molecule has 0 fully saturated rings. The van der Waals surface area contributed by atoms with Crippen LogP contribution in [0.2, 0.25) is 18.1 Å². The summed E-state index contributed by atoms with van der Waals surface area (Å²) in [5.41, 5.74) is 1.13. The zero-order chi connectivity index (χ0) is 17.7. The summed E-state index contributed by atoms with van der Waals surface area (Å²) in [6.45, 7) is 11.1. The van der Waals surface area contributed by atoms with Crippen molar-refractivity contribution in [1.29, 1.82) is 0 Å². The molecule has 5 heteroatoms. The van der Waals surface area contributed by atoms with Gasteiger partial charge in [-0.05, 0) is 48.7 Å². The summed E-state index contributed by atoms with van der Waals surface area (Å²) in [4.78, 5) is 11.2. The van der Waals surface area contributed by atoms with Crippen LogP contribution in [0.15, 0.2) is 18.2 Å². The first-order valence-corrected chi connectivity index (χ1v) is 10.9. The zero-order valence-electron chi connectivity index (χ0n) is 15.5. The minimum atomic E-state index is -1.90. The van der Waals surface area contributed by atoms with Crippen molar-refractivity contribution in [1.82, 2.24) is 0 Å². The highest BCUT2D eigenvalue weighted by Crippen LogP contribution is 2.40. The number of hydrogen-bond acceptors (Lipinski definition) is 4. The fraction of sp³-hybridized carbons (Fsp3) is 0.611. The van der Waals surface area contributed by atoms with E-state index in [9.17, 15) is 4.79 Å². The smallest absolute Gasteiger partial charge is 0.305 e. The maximum atomic E-state index is 11.2. The van der Waals surface area contributed by atoms with E-state index in [2.05, 4.69) is 38.6 Å². The van der Waals surface area contributed by atoms with E-state index in [1.54, 1.807) is 7.11 Å². The lowest BCUT2D eigenvalue weighted by molar-refractivity contribution is -0.140. The predicted octanol–water partition coefficient (Wildman–Crippen LogP) is 4.57. The quantitative estimate of drug-likeness (QED) is 0.539. The number of aryl methyl sites for hydroxylation is 1. The lowest BCUT2D eigenvalue weighted by Gasteiger charge is -2.36. The highest BCUT2D eigenvalue weighted by Gasteiger charge is 2.39. The fourth-order valence-corrected chi connectivity index (χ4v) is 2.94. The van der Waals surface area contributed by atoms with Crippen LogP contribution in [0.25, 0.3) is 0 Å². The van der Waals surface area contributed by atoms with Gasteiger partial charge in [-0.1, -0.05) is 26.8 Å². The summed E-state index contributed by atoms with van der Waals surface area (Å²) < 4.78 is 16.5. The van der Waals surface area contributed by atoms with Crippen molar-refractivity contribution in [3.05, 3.63) is 23.8 Å². The van der Waals surface area contributed by atoms with E-state index in [1.807, 2.05) is 18.2 Å². The average molecular weight is 339 g/mol. The fourth-order valence-electron chi connectivity index (χ4n) is 1.92. The van der Waals surface area contributed by atoms with E-state index in [0.717, 1.165) is 29.9 Å². The van der Waals surface area contributed by atoms with Crippen LogP contribution in [-0.4, -0.2) is 28.5 Å². The van der Waals surface area contributed by atoms with Gasteiger partial charge in [0.2, 0.25) is 0 Å². The van der Waals surface area contributed by atoms with Crippen LogP contribution in [0.1, 0.15) is 39.2 Å². The highest BCUT2D eigenvalue weighted by atomic mass is 28.4. The molecule has 0 heterocycles. The molecule has 23 heavy (non-hydrogen) atoms. The monoisotopic (exact) mass is 338 g/mol. The van der Waals surface area contributed by atoms with E-state index >= 15 is 0 Å². The molecule has 1 rings (SSSR count). The Bertz CT molecular complexity index is 532. The minimum absolute atomic E-state index is 0.136. The second kappa shape index (κ2) is 7.86. The number of hydrogen-bond donors (Lipinski definition) is 0. The van der Waals surface area contributed by atoms with Gasteiger partial charge in [0.15, 0.2) is 5.75 Å². The molecular formula is C18H30O4Si. The summed E-state index contributed by atoms with van der Waals surface area (Å²) in [5.74, 6) is 1.39. The van der Waals surface area contributed by atoms with Gasteiger partial charge >= 0.3 is 5.97 Å². The summed E-state index contributed by atoms with van der Waals surface area (Å²) in [6, 6.07) is 6.02. The standard InChI is InChI=1S/C18H30O4Si/c1-18(2,3)23(6,7)22-15-12-11-14(13-16(15)20-4)9-8-10-17(19)21-5/h11-13H,8-10H2,1-7H3. The lowest BCUT2D eigenvalue weighted by atomic mass is 10.1. The van der Waals surface area contributed by atoms with Crippen LogP contribution in [-0.2, 0) is 16.0 Å². The number of rotatable bonds is 7. The second-order valence-electron chi connectivity index (χ2n) is 7.28. The molecule has 0 spiro atoms. The molecule has 4 nitrogen and oxygen atoms in total. The van der Waals surface area contributed by atoms with Crippen molar-refractivity contribution >= 4 is 14.3 Å². The van der Waals surface area contributed by atoms with Gasteiger partial charge in [-0.3, -0.25) is 4.79 Å². The molecule has 0 aliphatic carbocycles. The molecular weight excluding hydrogens is 308 g/mol. The van der Waals surface area contributed by atoms with Crippen LogP contribution < -0.4 is 9.16 Å². The Morgan fingerprint density at radius 1 is 1.13 bits per heavy atom. The Morgan fingerprint density at radius 3 is 2.30 bits per heavy atom. The third-order valence-corrected chi connectivity index (χ3v) is 8.82. The van der Waals surface area contributed by atoms with Gasteiger partial charge in [-0.2, -0.15) is 0 Å². The third kappa shape index (κ3) is 5.57. The highest BCUT2D eigenvalue weighted by molar-refractivity contribution is 6.74. The third-order valence-electron chi connectivity index (χ3n) is 4.47. The molecule has 0 saturated heterocycles. The van der Waals surface area contributed by atoms with Gasteiger partial charge in [-0.15, -0.1) is 0 Å². The van der Waals surface area contributed by atoms with Gasteiger partial charge in [0.25, 0.3) is 8.32 Å². The maximum absolute atomic E-state index is 11.2. The molecule has 0 amide bonds. The van der Waals surface area contributed by atoms with Gasteiger partial charge in [-0.25, -0.2) is 0 Å². The van der Waals surface area contributed by atoms with Gasteiger partial charge in [0, 0.05) is 6.42 Å². The van der Waals surface area contributed by atoms with E-state index in [1.165, 1.54) is 7.11 Å². The molecule has 1 aromatic carbocycles. The van der Waals surface area contributed by atoms with E-state index < -0.39 is 8.32 Å². The summed E-state index contributed by atoms with van der Waals surface area (Å²) in [5, 5.41) is 0.136. The van der Waals surface area contributed by atoms with E-state index in [4.69, 9.17) is 9.16 Å². The van der Waals surface area contributed by atoms with Crippen molar-refractivity contribution in [3.8, 4) is 11.5 Å². The molecule has 0 saturated carbocycles. The van der Waals surface area contributed by atoms with Crippen LogP contribution in [0.4, 0.5) is 0 Å². The van der Waals surface area contributed by atoms with Gasteiger partial charge < -0.3 is 13.9 Å². The first kappa shape index (κ1) is 19.6. The molecule has 1 aromatic rings. The first-order valence-electron chi connectivity index (χ1n) is 8.03. The molecule has 0 aromatic heterocycles. The SMILES string of the molecule is COC(=O)CCCc1ccc(O[Si](C)(C)C(C)(C)C)c(OC)c1. The number of carbonyl (C=O) groups excluding carboxylic acids is 1. The number of benzene rings is 1. The molecule has 130 valence electrons. The van der Waals surface area contributed by atoms with Crippen molar-refractivity contribution < 1.29 is 18.7 Å². The number of methoxy groups -OCH3 is 2. The first-order chi connectivity index (χ1) is 10.6. The Labute approximate surface area is 141 Å².